The number of ether oxygens (including phenoxy) is 1. The van der Waals surface area contributed by atoms with Gasteiger partial charge in [-0.15, -0.1) is 3.95 Å². The van der Waals surface area contributed by atoms with Crippen LogP contribution >= 0.6 is 11.6 Å². The molecule has 1 aromatic heterocycles. The molecule has 0 aliphatic carbocycles. The maximum absolute atomic E-state index is 9.31. The van der Waals surface area contributed by atoms with E-state index in [1.54, 1.807) is 18.5 Å². The molecule has 86 valence electrons. The van der Waals surface area contributed by atoms with Gasteiger partial charge in [0.15, 0.2) is 16.2 Å². The smallest absolute Gasteiger partial charge is 0.467 e. The standard InChI is InChI=1S/C9H10ClN3O2S/c1-15-8-3-7(4-12-9(8)10)5-13(6-11)16(2)14/h3-4H,5H2,1-2H3/p+1. The van der Waals surface area contributed by atoms with Crippen LogP contribution in [0.1, 0.15) is 5.56 Å². The van der Waals surface area contributed by atoms with Crippen molar-refractivity contribution in [3.63, 3.8) is 0 Å². The van der Waals surface area contributed by atoms with Gasteiger partial charge in [0.05, 0.1) is 7.11 Å². The highest BCUT2D eigenvalue weighted by Gasteiger charge is 2.09. The average molecular weight is 261 g/mol. The molecule has 1 heterocycles. The lowest BCUT2D eigenvalue weighted by Gasteiger charge is -2.04. The fourth-order valence-corrected chi connectivity index (χ4v) is 1.69. The van der Waals surface area contributed by atoms with Crippen molar-refractivity contribution < 1.29 is 13.2 Å². The number of nitriles is 1. The molecule has 0 fully saturated rings. The van der Waals surface area contributed by atoms with E-state index in [4.69, 9.17) is 21.6 Å². The Morgan fingerprint density at radius 1 is 1.75 bits per heavy atom. The normalized spacial score (nSPS) is 12.8. The molecule has 0 saturated carbocycles. The number of pyridine rings is 1. The predicted octanol–water partition coefficient (Wildman–Crippen LogP) is 1.64. The highest BCUT2D eigenvalue weighted by molar-refractivity contribution is 7.78. The van der Waals surface area contributed by atoms with E-state index in [9.17, 15) is 4.55 Å². The highest BCUT2D eigenvalue weighted by Crippen LogP contribution is 2.22. The van der Waals surface area contributed by atoms with Gasteiger partial charge in [-0.1, -0.05) is 11.6 Å². The van der Waals surface area contributed by atoms with Crippen LogP contribution in [0, 0.1) is 11.5 Å². The summed E-state index contributed by atoms with van der Waals surface area (Å²) < 4.78 is 15.6. The molecule has 1 atom stereocenters. The van der Waals surface area contributed by atoms with E-state index in [2.05, 4.69) is 4.98 Å². The van der Waals surface area contributed by atoms with Crippen molar-refractivity contribution in [3.05, 3.63) is 23.0 Å². The monoisotopic (exact) mass is 260 g/mol. The second-order valence-electron chi connectivity index (χ2n) is 2.92. The van der Waals surface area contributed by atoms with E-state index in [1.807, 2.05) is 6.19 Å². The van der Waals surface area contributed by atoms with Gasteiger partial charge < -0.3 is 9.29 Å². The molecule has 0 amide bonds. The van der Waals surface area contributed by atoms with E-state index in [1.165, 1.54) is 11.1 Å². The minimum absolute atomic E-state index is 0.271. The first-order chi connectivity index (χ1) is 7.58. The summed E-state index contributed by atoms with van der Waals surface area (Å²) in [5.41, 5.74) is 0.746. The van der Waals surface area contributed by atoms with Crippen LogP contribution < -0.4 is 4.74 Å². The summed E-state index contributed by atoms with van der Waals surface area (Å²) in [5.74, 6) is 0.450. The Balaban J connectivity index is 3.00. The highest BCUT2D eigenvalue weighted by atomic mass is 35.5. The molecule has 1 N–H and O–H groups in total. The van der Waals surface area contributed by atoms with Crippen LogP contribution in [-0.2, 0) is 17.5 Å². The van der Waals surface area contributed by atoms with Crippen molar-refractivity contribution in [2.24, 2.45) is 0 Å². The number of rotatable bonds is 3. The molecule has 0 saturated heterocycles. The van der Waals surface area contributed by atoms with Gasteiger partial charge in [-0.05, 0) is 6.07 Å². The molecule has 0 radical (unpaired) electrons. The summed E-state index contributed by atoms with van der Waals surface area (Å²) in [7, 11) is 0.394. The summed E-state index contributed by atoms with van der Waals surface area (Å²) in [6.07, 6.45) is 4.99. The predicted molar refractivity (Wildman–Crippen MR) is 61.3 cm³/mol. The molecule has 1 unspecified atom stereocenters. The summed E-state index contributed by atoms with van der Waals surface area (Å²) in [5, 5.41) is 9.06. The number of nitrogens with zero attached hydrogens (tertiary/aromatic N) is 3. The molecule has 0 bridgehead atoms. The Kier molecular flexibility index (Phi) is 4.68. The molecule has 1 rings (SSSR count). The van der Waals surface area contributed by atoms with Crippen LogP contribution in [-0.4, -0.2) is 26.8 Å². The second kappa shape index (κ2) is 5.80. The molecule has 0 aromatic carbocycles. The van der Waals surface area contributed by atoms with Crippen molar-refractivity contribution in [1.29, 1.82) is 5.26 Å². The third-order valence-electron chi connectivity index (χ3n) is 1.84. The van der Waals surface area contributed by atoms with Gasteiger partial charge in [-0.3, -0.25) is 0 Å². The summed E-state index contributed by atoms with van der Waals surface area (Å²) in [4.78, 5) is 3.92. The van der Waals surface area contributed by atoms with E-state index < -0.39 is 11.0 Å². The number of methoxy groups -OCH3 is 1. The van der Waals surface area contributed by atoms with E-state index >= 15 is 0 Å². The Morgan fingerprint density at radius 2 is 2.44 bits per heavy atom. The Bertz CT molecular complexity index is 466. The third-order valence-corrected chi connectivity index (χ3v) is 2.97. The summed E-state index contributed by atoms with van der Waals surface area (Å²) in [6.45, 7) is 0.271. The second-order valence-corrected chi connectivity index (χ2v) is 4.61. The van der Waals surface area contributed by atoms with Gasteiger partial charge >= 0.3 is 6.19 Å². The zero-order valence-electron chi connectivity index (χ0n) is 8.85. The molecule has 0 spiro atoms. The minimum Gasteiger partial charge on any atom is -0.494 e. The SMILES string of the molecule is COc1cc(C[N+](C#N)=S(C)O)cnc1Cl. The Hall–Kier alpha value is -1.16. The van der Waals surface area contributed by atoms with E-state index in [0.29, 0.717) is 5.75 Å². The van der Waals surface area contributed by atoms with Crippen LogP contribution in [0.25, 0.3) is 0 Å². The van der Waals surface area contributed by atoms with E-state index in [-0.39, 0.29) is 11.7 Å². The molecule has 0 aliphatic rings. The average Bonchev–Trinajstić information content (AvgIpc) is 2.27. The van der Waals surface area contributed by atoms with Crippen molar-refractivity contribution in [3.8, 4) is 11.9 Å². The molecular formula is C9H11ClN3O2S+. The lowest BCUT2D eigenvalue weighted by Crippen LogP contribution is -2.09. The first kappa shape index (κ1) is 12.9. The number of hydrogen-bond acceptors (Lipinski definition) is 3. The molecule has 0 aliphatic heterocycles. The van der Waals surface area contributed by atoms with Crippen molar-refractivity contribution in [2.75, 3.05) is 13.4 Å². The summed E-state index contributed by atoms with van der Waals surface area (Å²) >= 11 is 5.77. The third kappa shape index (κ3) is 3.17. The lowest BCUT2D eigenvalue weighted by molar-refractivity contribution is -0.433. The van der Waals surface area contributed by atoms with Gasteiger partial charge in [0.25, 0.3) is 0 Å². The summed E-state index contributed by atoms with van der Waals surface area (Å²) in [6, 6.07) is 1.69. The maximum atomic E-state index is 9.31. The van der Waals surface area contributed by atoms with E-state index in [0.717, 1.165) is 5.56 Å². The Labute approximate surface area is 101 Å². The van der Waals surface area contributed by atoms with Crippen LogP contribution in [0.3, 0.4) is 0 Å². The lowest BCUT2D eigenvalue weighted by atomic mass is 10.3. The largest absolute Gasteiger partial charge is 0.494 e. The number of hydrogen-bond donors (Lipinski definition) is 1. The molecular weight excluding hydrogens is 250 g/mol. The fourth-order valence-electron chi connectivity index (χ4n) is 1.05. The molecule has 16 heavy (non-hydrogen) atoms. The minimum atomic E-state index is -1.10. The van der Waals surface area contributed by atoms with Crippen LogP contribution in [0.2, 0.25) is 5.15 Å². The van der Waals surface area contributed by atoms with Gasteiger partial charge in [-0.2, -0.15) is 0 Å². The van der Waals surface area contributed by atoms with Crippen LogP contribution in [0.4, 0.5) is 0 Å². The fraction of sp³-hybridized carbons (Fsp3) is 0.333. The number of aromatic nitrogens is 1. The Morgan fingerprint density at radius 3 is 2.94 bits per heavy atom. The topological polar surface area (TPSA) is 69.2 Å². The number of halogens is 1. The zero-order valence-corrected chi connectivity index (χ0v) is 10.4. The van der Waals surface area contributed by atoms with Crippen molar-refractivity contribution in [2.45, 2.75) is 6.54 Å². The van der Waals surface area contributed by atoms with Crippen molar-refractivity contribution in [1.82, 2.24) is 4.98 Å². The van der Waals surface area contributed by atoms with Gasteiger partial charge in [0.2, 0.25) is 0 Å². The van der Waals surface area contributed by atoms with Gasteiger partial charge in [0.1, 0.15) is 17.5 Å². The maximum Gasteiger partial charge on any atom is 0.467 e. The molecule has 1 aromatic rings. The quantitative estimate of drug-likeness (QED) is 0.388. The van der Waals surface area contributed by atoms with Crippen molar-refractivity contribution >= 4 is 22.6 Å². The molecule has 7 heteroatoms. The van der Waals surface area contributed by atoms with Crippen LogP contribution in [0.15, 0.2) is 12.3 Å². The van der Waals surface area contributed by atoms with Gasteiger partial charge in [-0.25, -0.2) is 4.98 Å². The van der Waals surface area contributed by atoms with Crippen LogP contribution in [0.5, 0.6) is 5.75 Å². The molecule has 5 nitrogen and oxygen atoms in total. The van der Waals surface area contributed by atoms with Gasteiger partial charge in [0, 0.05) is 18.0 Å². The first-order valence-corrected chi connectivity index (χ1v) is 6.21. The zero-order chi connectivity index (χ0) is 12.1. The first-order valence-electron chi connectivity index (χ1n) is 4.29.